The first-order valence-corrected chi connectivity index (χ1v) is 11.2. The van der Waals surface area contributed by atoms with E-state index in [0.29, 0.717) is 0 Å². The van der Waals surface area contributed by atoms with Crippen LogP contribution in [0, 0.1) is 5.92 Å². The summed E-state index contributed by atoms with van der Waals surface area (Å²) in [6.45, 7) is 1.58. The molecule has 0 radical (unpaired) electrons. The van der Waals surface area contributed by atoms with Crippen LogP contribution in [-0.2, 0) is 11.2 Å². The topological polar surface area (TPSA) is 34.3 Å². The van der Waals surface area contributed by atoms with E-state index in [1.54, 1.807) is 0 Å². The van der Waals surface area contributed by atoms with Crippen LogP contribution in [-0.4, -0.2) is 29.7 Å². The summed E-state index contributed by atoms with van der Waals surface area (Å²) in [7, 11) is 0. The van der Waals surface area contributed by atoms with Gasteiger partial charge >= 0.3 is 5.91 Å². The predicted molar refractivity (Wildman–Crippen MR) is 122 cm³/mol. The third-order valence-corrected chi connectivity index (χ3v) is 6.88. The molecule has 3 aromatic rings. The fourth-order valence-electron chi connectivity index (χ4n) is 5.14. The summed E-state index contributed by atoms with van der Waals surface area (Å²) in [4.78, 5) is 19.1. The smallest absolute Gasteiger partial charge is 0.274 e. The zero-order valence-electron chi connectivity index (χ0n) is 17.0. The number of rotatable bonds is 4. The maximum Gasteiger partial charge on any atom is 0.313 e. The molecule has 0 saturated heterocycles. The summed E-state index contributed by atoms with van der Waals surface area (Å²) in [5.74, 6) is 1.65. The minimum atomic E-state index is 0.0496. The summed E-state index contributed by atoms with van der Waals surface area (Å²) in [5.41, 5.74) is 2.49. The number of hydrogen-bond acceptors (Lipinski definition) is 1. The molecule has 152 valence electrons. The summed E-state index contributed by atoms with van der Waals surface area (Å²) in [5, 5.41) is 3.24. The molecule has 0 spiro atoms. The van der Waals surface area contributed by atoms with Crippen molar-refractivity contribution < 1.29 is 9.79 Å². The van der Waals surface area contributed by atoms with E-state index in [9.17, 15) is 4.79 Å². The Balaban J connectivity index is 1.37. The van der Waals surface area contributed by atoms with Gasteiger partial charge in [0.05, 0.1) is 12.3 Å². The monoisotopic (exact) mass is 417 g/mol. The van der Waals surface area contributed by atoms with Crippen LogP contribution >= 0.6 is 11.6 Å². The second kappa shape index (κ2) is 8.23. The highest BCUT2D eigenvalue weighted by atomic mass is 35.5. The second-order valence-corrected chi connectivity index (χ2v) is 8.81. The average molecular weight is 418 g/mol. The molecular weight excluding hydrogens is 392 g/mol. The van der Waals surface area contributed by atoms with Gasteiger partial charge in [-0.2, -0.15) is 4.90 Å². The SMILES string of the molecule is O=C([C@H]1CCC[C@@H]1c1ccc(Cl)cc1)N1CC[NH+]=C1Cc1cccc2ccccc12. The van der Waals surface area contributed by atoms with Crippen molar-refractivity contribution in [1.29, 1.82) is 0 Å². The van der Waals surface area contributed by atoms with E-state index in [-0.39, 0.29) is 17.7 Å². The van der Waals surface area contributed by atoms with Crippen molar-refractivity contribution in [3.8, 4) is 0 Å². The van der Waals surface area contributed by atoms with Crippen LogP contribution in [0.15, 0.2) is 66.7 Å². The fourth-order valence-corrected chi connectivity index (χ4v) is 5.26. The quantitative estimate of drug-likeness (QED) is 0.685. The highest BCUT2D eigenvalue weighted by Crippen LogP contribution is 2.41. The highest BCUT2D eigenvalue weighted by Gasteiger charge is 2.42. The Morgan fingerprint density at radius 1 is 1.00 bits per heavy atom. The van der Waals surface area contributed by atoms with Crippen LogP contribution in [0.2, 0.25) is 5.02 Å². The lowest BCUT2D eigenvalue weighted by molar-refractivity contribution is -0.445. The molecule has 1 saturated carbocycles. The van der Waals surface area contributed by atoms with Crippen LogP contribution in [0.5, 0.6) is 0 Å². The molecule has 3 aromatic carbocycles. The number of carbonyl (C=O) groups is 1. The number of carbonyl (C=O) groups excluding carboxylic acids is 1. The molecule has 30 heavy (non-hydrogen) atoms. The normalized spacial score (nSPS) is 21.2. The molecule has 0 unspecified atom stereocenters. The van der Waals surface area contributed by atoms with Gasteiger partial charge in [0.2, 0.25) is 0 Å². The van der Waals surface area contributed by atoms with Gasteiger partial charge in [-0.25, -0.2) is 4.79 Å². The number of amidine groups is 1. The molecule has 2 atom stereocenters. The lowest BCUT2D eigenvalue weighted by atomic mass is 9.88. The molecule has 2 aliphatic rings. The van der Waals surface area contributed by atoms with Gasteiger partial charge < -0.3 is 0 Å². The van der Waals surface area contributed by atoms with Gasteiger partial charge in [-0.05, 0) is 52.8 Å². The minimum Gasteiger partial charge on any atom is -0.274 e. The Bertz CT molecular complexity index is 1100. The van der Waals surface area contributed by atoms with Crippen LogP contribution < -0.4 is 4.99 Å². The zero-order chi connectivity index (χ0) is 20.5. The van der Waals surface area contributed by atoms with Crippen molar-refractivity contribution in [3.05, 3.63) is 82.9 Å². The molecule has 1 fully saturated rings. The maximum atomic E-state index is 13.6. The van der Waals surface area contributed by atoms with Gasteiger partial charge in [-0.1, -0.05) is 72.6 Å². The highest BCUT2D eigenvalue weighted by molar-refractivity contribution is 6.30. The van der Waals surface area contributed by atoms with E-state index in [1.165, 1.54) is 21.9 Å². The lowest BCUT2D eigenvalue weighted by Crippen LogP contribution is -2.71. The van der Waals surface area contributed by atoms with Crippen LogP contribution in [0.1, 0.15) is 36.3 Å². The van der Waals surface area contributed by atoms with E-state index in [1.807, 2.05) is 17.0 Å². The first-order chi connectivity index (χ1) is 14.7. The van der Waals surface area contributed by atoms with E-state index in [4.69, 9.17) is 11.6 Å². The maximum absolute atomic E-state index is 13.6. The third kappa shape index (κ3) is 3.63. The Labute approximate surface area is 182 Å². The summed E-state index contributed by atoms with van der Waals surface area (Å²) in [6, 6.07) is 22.9. The summed E-state index contributed by atoms with van der Waals surface area (Å²) < 4.78 is 0. The van der Waals surface area contributed by atoms with E-state index in [0.717, 1.165) is 49.6 Å². The second-order valence-electron chi connectivity index (χ2n) is 8.37. The van der Waals surface area contributed by atoms with Crippen molar-refractivity contribution in [2.75, 3.05) is 13.1 Å². The van der Waals surface area contributed by atoms with Gasteiger partial charge in [0.15, 0.2) is 0 Å². The Kier molecular flexibility index (Phi) is 5.30. The van der Waals surface area contributed by atoms with Crippen LogP contribution in [0.25, 0.3) is 10.8 Å². The molecule has 0 bridgehead atoms. The molecule has 1 aliphatic heterocycles. The first kappa shape index (κ1) is 19.3. The number of nitrogens with zero attached hydrogens (tertiary/aromatic N) is 1. The first-order valence-electron chi connectivity index (χ1n) is 10.8. The van der Waals surface area contributed by atoms with Crippen molar-refractivity contribution >= 4 is 34.1 Å². The van der Waals surface area contributed by atoms with E-state index >= 15 is 0 Å². The lowest BCUT2D eigenvalue weighted by Gasteiger charge is -2.21. The zero-order valence-corrected chi connectivity index (χ0v) is 17.7. The fraction of sp³-hybridized carbons (Fsp3) is 0.308. The average Bonchev–Trinajstić information content (AvgIpc) is 3.44. The van der Waals surface area contributed by atoms with Crippen molar-refractivity contribution in [2.24, 2.45) is 5.92 Å². The number of fused-ring (bicyclic) bond motifs is 1. The Morgan fingerprint density at radius 3 is 2.67 bits per heavy atom. The molecule has 4 heteroatoms. The minimum absolute atomic E-state index is 0.0496. The number of nitrogens with one attached hydrogen (secondary N) is 1. The van der Waals surface area contributed by atoms with Crippen molar-refractivity contribution in [3.63, 3.8) is 0 Å². The van der Waals surface area contributed by atoms with Gasteiger partial charge in [0, 0.05) is 5.02 Å². The summed E-state index contributed by atoms with van der Waals surface area (Å²) in [6.07, 6.45) is 3.89. The molecule has 0 aromatic heterocycles. The van der Waals surface area contributed by atoms with E-state index < -0.39 is 0 Å². The predicted octanol–water partition coefficient (Wildman–Crippen LogP) is 3.94. The van der Waals surface area contributed by atoms with Gasteiger partial charge in [-0.15, -0.1) is 0 Å². The molecule has 1 aliphatic carbocycles. The summed E-state index contributed by atoms with van der Waals surface area (Å²) >= 11 is 6.07. The van der Waals surface area contributed by atoms with Crippen LogP contribution in [0.4, 0.5) is 0 Å². The van der Waals surface area contributed by atoms with E-state index in [2.05, 4.69) is 59.6 Å². The molecular formula is C26H26ClN2O+. The number of hydrogen-bond donors (Lipinski definition) is 1. The Hall–Kier alpha value is -2.65. The Morgan fingerprint density at radius 2 is 1.80 bits per heavy atom. The molecule has 1 amide bonds. The number of halogens is 1. The standard InChI is InChI=1S/C26H25ClN2O/c27-21-13-11-19(12-14-21)23-9-4-10-24(23)26(30)29-16-15-28-25(29)17-20-7-3-6-18-5-1-2-8-22(18)20/h1-3,5-8,11-14,23-24H,4,9-10,15-17H2/p+1/t23-,24+/m1/s1. The molecule has 5 rings (SSSR count). The molecule has 1 heterocycles. The molecule has 3 nitrogen and oxygen atoms in total. The van der Waals surface area contributed by atoms with Crippen molar-refractivity contribution in [2.45, 2.75) is 31.6 Å². The van der Waals surface area contributed by atoms with Crippen molar-refractivity contribution in [1.82, 2.24) is 4.90 Å². The van der Waals surface area contributed by atoms with Crippen LogP contribution in [0.3, 0.4) is 0 Å². The number of benzene rings is 3. The molecule has 1 N–H and O–H groups in total. The largest absolute Gasteiger partial charge is 0.313 e. The van der Waals surface area contributed by atoms with Gasteiger partial charge in [0.1, 0.15) is 13.1 Å². The van der Waals surface area contributed by atoms with Gasteiger partial charge in [0.25, 0.3) is 5.84 Å². The van der Waals surface area contributed by atoms with Gasteiger partial charge in [-0.3, -0.25) is 4.99 Å². The third-order valence-electron chi connectivity index (χ3n) is 6.63. The number of amides is 1.